The second kappa shape index (κ2) is 2.53. The molecule has 0 amide bonds. The lowest BCUT2D eigenvalue weighted by atomic mass is 10.3. The summed E-state index contributed by atoms with van der Waals surface area (Å²) in [5.74, 6) is -1.91. The van der Waals surface area contributed by atoms with Crippen molar-refractivity contribution in [3.63, 3.8) is 0 Å². The molecule has 1 rings (SSSR count). The van der Waals surface area contributed by atoms with Gasteiger partial charge in [0.15, 0.2) is 5.69 Å². The molecule has 1 aromatic heterocycles. The zero-order chi connectivity index (χ0) is 8.43. The van der Waals surface area contributed by atoms with Crippen molar-refractivity contribution in [2.75, 3.05) is 5.73 Å². The van der Waals surface area contributed by atoms with Gasteiger partial charge < -0.3 is 10.8 Å². The number of carboxylic acids is 1. The zero-order valence-electron chi connectivity index (χ0n) is 5.41. The molecule has 3 N–H and O–H groups in total. The third kappa shape index (κ3) is 1.43. The third-order valence-electron chi connectivity index (χ3n) is 1.09. The molecule has 0 spiro atoms. The Hall–Kier alpha value is -1.65. The van der Waals surface area contributed by atoms with E-state index < -0.39 is 11.8 Å². The molecule has 0 unspecified atom stereocenters. The van der Waals surface area contributed by atoms with Crippen LogP contribution in [0.25, 0.3) is 0 Å². The molecule has 0 aliphatic carbocycles. The van der Waals surface area contributed by atoms with Gasteiger partial charge in [0.1, 0.15) is 5.82 Å². The van der Waals surface area contributed by atoms with Crippen molar-refractivity contribution >= 4 is 11.7 Å². The number of hydrogen-bond donors (Lipinski definition) is 2. The van der Waals surface area contributed by atoms with Crippen LogP contribution in [-0.2, 0) is 0 Å². The van der Waals surface area contributed by atoms with Gasteiger partial charge in [-0.3, -0.25) is 0 Å². The molecule has 0 saturated carbocycles. The molecule has 0 bridgehead atoms. The summed E-state index contributed by atoms with van der Waals surface area (Å²) in [4.78, 5) is 13.5. The van der Waals surface area contributed by atoms with Gasteiger partial charge in [-0.15, -0.1) is 0 Å². The Morgan fingerprint density at radius 2 is 2.36 bits per heavy atom. The summed E-state index contributed by atoms with van der Waals surface area (Å²) in [5, 5.41) is 8.39. The number of aromatic nitrogens is 1. The fourth-order valence-electron chi connectivity index (χ4n) is 0.634. The number of nitrogen functional groups attached to an aromatic ring is 1. The minimum absolute atomic E-state index is 0.169. The Morgan fingerprint density at radius 3 is 2.82 bits per heavy atom. The van der Waals surface area contributed by atoms with Gasteiger partial charge in [-0.2, -0.15) is 0 Å². The van der Waals surface area contributed by atoms with E-state index in [1.54, 1.807) is 0 Å². The highest BCUT2D eigenvalue weighted by Gasteiger charge is 2.09. The summed E-state index contributed by atoms with van der Waals surface area (Å²) < 4.78 is 12.3. The van der Waals surface area contributed by atoms with E-state index in [2.05, 4.69) is 4.98 Å². The average Bonchev–Trinajstić information content (AvgIpc) is 1.85. The van der Waals surface area contributed by atoms with Crippen LogP contribution in [0.3, 0.4) is 0 Å². The van der Waals surface area contributed by atoms with Crippen LogP contribution in [0.15, 0.2) is 12.3 Å². The first kappa shape index (κ1) is 7.46. The summed E-state index contributed by atoms with van der Waals surface area (Å²) in [5.41, 5.74) is 4.64. The monoisotopic (exact) mass is 156 g/mol. The van der Waals surface area contributed by atoms with E-state index in [1.807, 2.05) is 0 Å². The predicted molar refractivity (Wildman–Crippen MR) is 35.6 cm³/mol. The van der Waals surface area contributed by atoms with E-state index in [9.17, 15) is 9.18 Å². The molecule has 4 nitrogen and oxygen atoms in total. The molecule has 0 aliphatic rings. The molecule has 0 aliphatic heterocycles. The lowest BCUT2D eigenvalue weighted by molar-refractivity contribution is 0.0691. The van der Waals surface area contributed by atoms with Gasteiger partial charge in [-0.1, -0.05) is 0 Å². The molecule has 58 valence electrons. The van der Waals surface area contributed by atoms with Gasteiger partial charge in [-0.05, 0) is 0 Å². The highest BCUT2D eigenvalue weighted by atomic mass is 19.1. The SMILES string of the molecule is Nc1cc(F)cnc1C(=O)O. The zero-order valence-corrected chi connectivity index (χ0v) is 5.41. The number of nitrogens with zero attached hydrogens (tertiary/aromatic N) is 1. The quantitative estimate of drug-likeness (QED) is 0.620. The lowest BCUT2D eigenvalue weighted by Gasteiger charge is -1.97. The fraction of sp³-hybridized carbons (Fsp3) is 0. The summed E-state index contributed by atoms with van der Waals surface area (Å²) in [6.45, 7) is 0. The molecule has 1 heterocycles. The van der Waals surface area contributed by atoms with Gasteiger partial charge in [-0.25, -0.2) is 14.2 Å². The summed E-state index contributed by atoms with van der Waals surface area (Å²) in [6.07, 6.45) is 0.805. The molecule has 11 heavy (non-hydrogen) atoms. The number of carboxylic acid groups (broad SMARTS) is 1. The summed E-state index contributed by atoms with van der Waals surface area (Å²) in [6, 6.07) is 0.913. The number of aromatic carboxylic acids is 1. The Kier molecular flexibility index (Phi) is 1.72. The van der Waals surface area contributed by atoms with Gasteiger partial charge in [0.2, 0.25) is 0 Å². The molecular weight excluding hydrogens is 151 g/mol. The van der Waals surface area contributed by atoms with E-state index >= 15 is 0 Å². The minimum atomic E-state index is -1.26. The molecule has 0 atom stereocenters. The minimum Gasteiger partial charge on any atom is -0.476 e. The van der Waals surface area contributed by atoms with Gasteiger partial charge in [0, 0.05) is 6.07 Å². The Morgan fingerprint density at radius 1 is 1.73 bits per heavy atom. The lowest BCUT2D eigenvalue weighted by Crippen LogP contribution is -2.05. The highest BCUT2D eigenvalue weighted by molar-refractivity contribution is 5.91. The van der Waals surface area contributed by atoms with Crippen LogP contribution >= 0.6 is 0 Å². The van der Waals surface area contributed by atoms with Crippen molar-refractivity contribution in [3.8, 4) is 0 Å². The van der Waals surface area contributed by atoms with Crippen molar-refractivity contribution in [2.45, 2.75) is 0 Å². The number of halogens is 1. The average molecular weight is 156 g/mol. The maximum Gasteiger partial charge on any atom is 0.356 e. The highest BCUT2D eigenvalue weighted by Crippen LogP contribution is 2.08. The van der Waals surface area contributed by atoms with Crippen molar-refractivity contribution in [1.29, 1.82) is 0 Å². The first-order valence-electron chi connectivity index (χ1n) is 2.75. The van der Waals surface area contributed by atoms with Crippen LogP contribution in [0.1, 0.15) is 10.5 Å². The first-order chi connectivity index (χ1) is 5.11. The third-order valence-corrected chi connectivity index (χ3v) is 1.09. The van der Waals surface area contributed by atoms with Gasteiger partial charge >= 0.3 is 5.97 Å². The molecule has 0 fully saturated rings. The van der Waals surface area contributed by atoms with Crippen LogP contribution in [0, 0.1) is 5.82 Å². The number of nitrogens with two attached hydrogens (primary N) is 1. The van der Waals surface area contributed by atoms with E-state index in [4.69, 9.17) is 10.8 Å². The molecular formula is C6H5FN2O2. The van der Waals surface area contributed by atoms with E-state index in [1.165, 1.54) is 0 Å². The summed E-state index contributed by atoms with van der Waals surface area (Å²) >= 11 is 0. The normalized spacial score (nSPS) is 9.55. The number of rotatable bonds is 1. The van der Waals surface area contributed by atoms with Crippen LogP contribution in [-0.4, -0.2) is 16.1 Å². The Balaban J connectivity index is 3.20. The second-order valence-electron chi connectivity index (χ2n) is 1.90. The maximum atomic E-state index is 12.3. The molecule has 1 aromatic rings. The fourth-order valence-corrected chi connectivity index (χ4v) is 0.634. The van der Waals surface area contributed by atoms with Crippen molar-refractivity contribution in [2.24, 2.45) is 0 Å². The first-order valence-corrected chi connectivity index (χ1v) is 2.75. The van der Waals surface area contributed by atoms with E-state index in [0.717, 1.165) is 12.3 Å². The van der Waals surface area contributed by atoms with Gasteiger partial charge in [0.25, 0.3) is 0 Å². The Labute approximate surface area is 61.5 Å². The maximum absolute atomic E-state index is 12.3. The standard InChI is InChI=1S/C6H5FN2O2/c7-3-1-4(8)5(6(10)11)9-2-3/h1-2H,8H2,(H,10,11). The van der Waals surface area contributed by atoms with Crippen molar-refractivity contribution in [1.82, 2.24) is 4.98 Å². The summed E-state index contributed by atoms with van der Waals surface area (Å²) in [7, 11) is 0. The smallest absolute Gasteiger partial charge is 0.356 e. The molecule has 0 radical (unpaired) electrons. The number of carbonyl (C=O) groups is 1. The number of anilines is 1. The second-order valence-corrected chi connectivity index (χ2v) is 1.90. The van der Waals surface area contributed by atoms with Crippen molar-refractivity contribution < 1.29 is 14.3 Å². The molecule has 5 heteroatoms. The Bertz CT molecular complexity index is 301. The van der Waals surface area contributed by atoms with Crippen molar-refractivity contribution in [3.05, 3.63) is 23.8 Å². The van der Waals surface area contributed by atoms with Gasteiger partial charge in [0.05, 0.1) is 11.9 Å². The van der Waals surface area contributed by atoms with E-state index in [-0.39, 0.29) is 11.4 Å². The number of hydrogen-bond acceptors (Lipinski definition) is 3. The van der Waals surface area contributed by atoms with Crippen LogP contribution in [0.4, 0.5) is 10.1 Å². The predicted octanol–water partition coefficient (Wildman–Crippen LogP) is 0.501. The largest absolute Gasteiger partial charge is 0.476 e. The number of pyridine rings is 1. The van der Waals surface area contributed by atoms with Crippen LogP contribution in [0.2, 0.25) is 0 Å². The van der Waals surface area contributed by atoms with E-state index in [0.29, 0.717) is 0 Å². The molecule has 0 saturated heterocycles. The van der Waals surface area contributed by atoms with Crippen LogP contribution in [0.5, 0.6) is 0 Å². The molecule has 0 aromatic carbocycles. The topological polar surface area (TPSA) is 76.2 Å². The van der Waals surface area contributed by atoms with Crippen LogP contribution < -0.4 is 5.73 Å².